The number of amides is 1. The Morgan fingerprint density at radius 3 is 2.83 bits per heavy atom. The predicted octanol–water partition coefficient (Wildman–Crippen LogP) is 4.22. The van der Waals surface area contributed by atoms with Crippen LogP contribution in [-0.4, -0.2) is 23.4 Å². The molecule has 0 atom stereocenters. The van der Waals surface area contributed by atoms with Crippen molar-refractivity contribution in [3.8, 4) is 28.8 Å². The monoisotopic (exact) mass is 407 g/mol. The maximum atomic E-state index is 13.7. The zero-order chi connectivity index (χ0) is 20.2. The van der Waals surface area contributed by atoms with Gasteiger partial charge in [-0.25, -0.2) is 9.37 Å². The number of ether oxygens (including phenoxy) is 2. The number of hydrogen-bond donors (Lipinski definition) is 1. The topological polar surface area (TPSA) is 84.2 Å². The summed E-state index contributed by atoms with van der Waals surface area (Å²) in [4.78, 5) is 16.7. The number of thioether (sulfide) groups is 1. The van der Waals surface area contributed by atoms with Gasteiger partial charge < -0.3 is 14.8 Å². The summed E-state index contributed by atoms with van der Waals surface area (Å²) in [5.41, 5.74) is 1.91. The minimum atomic E-state index is -0.508. The molecule has 1 aromatic heterocycles. The average Bonchev–Trinajstić information content (AvgIpc) is 3.21. The van der Waals surface area contributed by atoms with E-state index >= 15 is 0 Å². The first-order valence-corrected chi connectivity index (χ1v) is 9.61. The molecule has 1 aliphatic rings. The molecule has 144 valence electrons. The van der Waals surface area contributed by atoms with Crippen molar-refractivity contribution < 1.29 is 18.7 Å². The highest BCUT2D eigenvalue weighted by Crippen LogP contribution is 2.36. The fraction of sp³-hybridized carbons (Fsp3) is 0.0952. The first-order valence-electron chi connectivity index (χ1n) is 8.62. The normalized spacial score (nSPS) is 11.7. The maximum Gasteiger partial charge on any atom is 0.234 e. The van der Waals surface area contributed by atoms with Gasteiger partial charge in [0.15, 0.2) is 11.5 Å². The lowest BCUT2D eigenvalue weighted by Gasteiger charge is -2.08. The number of carbonyl (C=O) groups is 1. The summed E-state index contributed by atoms with van der Waals surface area (Å²) >= 11 is 1.12. The van der Waals surface area contributed by atoms with Crippen molar-refractivity contribution in [1.82, 2.24) is 4.98 Å². The van der Waals surface area contributed by atoms with E-state index in [4.69, 9.17) is 9.47 Å². The third-order valence-electron chi connectivity index (χ3n) is 4.14. The first-order chi connectivity index (χ1) is 14.1. The van der Waals surface area contributed by atoms with Gasteiger partial charge in [-0.2, -0.15) is 5.26 Å². The van der Waals surface area contributed by atoms with Crippen molar-refractivity contribution in [3.05, 3.63) is 66.0 Å². The first kappa shape index (κ1) is 18.8. The van der Waals surface area contributed by atoms with Crippen LogP contribution in [0.1, 0.15) is 5.56 Å². The number of anilines is 1. The van der Waals surface area contributed by atoms with Gasteiger partial charge >= 0.3 is 0 Å². The number of halogens is 1. The smallest absolute Gasteiger partial charge is 0.234 e. The molecule has 0 saturated heterocycles. The Bertz CT molecular complexity index is 1130. The van der Waals surface area contributed by atoms with Crippen molar-refractivity contribution >= 4 is 23.4 Å². The van der Waals surface area contributed by atoms with Crippen molar-refractivity contribution in [3.63, 3.8) is 0 Å². The Balaban J connectivity index is 1.51. The summed E-state index contributed by atoms with van der Waals surface area (Å²) in [6, 6.07) is 16.9. The molecule has 2 aromatic carbocycles. The number of rotatable bonds is 5. The van der Waals surface area contributed by atoms with E-state index in [1.54, 1.807) is 30.3 Å². The minimum absolute atomic E-state index is 0.0133. The van der Waals surface area contributed by atoms with Crippen molar-refractivity contribution in [2.24, 2.45) is 0 Å². The second kappa shape index (κ2) is 8.20. The van der Waals surface area contributed by atoms with E-state index in [2.05, 4.69) is 16.4 Å². The molecule has 1 N–H and O–H groups in total. The summed E-state index contributed by atoms with van der Waals surface area (Å²) in [5, 5.41) is 12.3. The quantitative estimate of drug-likeness (QED) is 0.638. The number of hydrogen-bond acceptors (Lipinski definition) is 6. The van der Waals surface area contributed by atoms with E-state index in [1.807, 2.05) is 12.1 Å². The fourth-order valence-electron chi connectivity index (χ4n) is 2.73. The highest BCUT2D eigenvalue weighted by atomic mass is 32.2. The van der Waals surface area contributed by atoms with Gasteiger partial charge in [-0.3, -0.25) is 4.79 Å². The van der Waals surface area contributed by atoms with Crippen LogP contribution in [-0.2, 0) is 4.79 Å². The van der Waals surface area contributed by atoms with Gasteiger partial charge in [0.05, 0.1) is 22.7 Å². The van der Waals surface area contributed by atoms with Gasteiger partial charge in [0.1, 0.15) is 16.9 Å². The maximum absolute atomic E-state index is 13.7. The molecule has 6 nitrogen and oxygen atoms in total. The molecule has 8 heteroatoms. The molecule has 0 saturated carbocycles. The zero-order valence-corrected chi connectivity index (χ0v) is 15.8. The summed E-state index contributed by atoms with van der Waals surface area (Å²) < 4.78 is 24.4. The third kappa shape index (κ3) is 4.15. The second-order valence-corrected chi connectivity index (χ2v) is 7.01. The van der Waals surface area contributed by atoms with Crippen LogP contribution in [0.5, 0.6) is 11.5 Å². The van der Waals surface area contributed by atoms with Gasteiger partial charge in [-0.15, -0.1) is 0 Å². The van der Waals surface area contributed by atoms with Gasteiger partial charge in [0.2, 0.25) is 12.7 Å². The molecule has 0 radical (unpaired) electrons. The van der Waals surface area contributed by atoms with Crippen LogP contribution in [0.3, 0.4) is 0 Å². The summed E-state index contributed by atoms with van der Waals surface area (Å²) in [6.45, 7) is 0.178. The molecule has 4 rings (SSSR count). The largest absolute Gasteiger partial charge is 0.454 e. The number of pyridine rings is 1. The highest BCUT2D eigenvalue weighted by molar-refractivity contribution is 8.00. The van der Waals surface area contributed by atoms with E-state index in [0.717, 1.165) is 17.3 Å². The molecular weight excluding hydrogens is 393 g/mol. The standard InChI is InChI=1S/C21H14FN3O3S/c22-15-3-1-2-4-17(15)24-20(26)11-29-21-14(10-23)5-7-16(25-21)13-6-8-18-19(9-13)28-12-27-18/h1-9H,11-12H2,(H,24,26). The number of para-hydroxylation sites is 1. The van der Waals surface area contributed by atoms with Crippen LogP contribution < -0.4 is 14.8 Å². The lowest BCUT2D eigenvalue weighted by atomic mass is 10.1. The second-order valence-electron chi connectivity index (χ2n) is 6.05. The van der Waals surface area contributed by atoms with E-state index in [-0.39, 0.29) is 24.1 Å². The molecular formula is C21H14FN3O3S. The average molecular weight is 407 g/mol. The van der Waals surface area contributed by atoms with Gasteiger partial charge in [0.25, 0.3) is 0 Å². The lowest BCUT2D eigenvalue weighted by Crippen LogP contribution is -2.15. The Kier molecular flexibility index (Phi) is 5.31. The van der Waals surface area contributed by atoms with Gasteiger partial charge in [0, 0.05) is 5.56 Å². The number of benzene rings is 2. The van der Waals surface area contributed by atoms with Crippen molar-refractivity contribution in [1.29, 1.82) is 5.26 Å². The van der Waals surface area contributed by atoms with Crippen molar-refractivity contribution in [2.45, 2.75) is 5.03 Å². The molecule has 29 heavy (non-hydrogen) atoms. The van der Waals surface area contributed by atoms with E-state index < -0.39 is 5.82 Å². The number of nitriles is 1. The number of fused-ring (bicyclic) bond motifs is 1. The fourth-order valence-corrected chi connectivity index (χ4v) is 3.51. The summed E-state index contributed by atoms with van der Waals surface area (Å²) in [6.07, 6.45) is 0. The summed E-state index contributed by atoms with van der Waals surface area (Å²) in [7, 11) is 0. The molecule has 1 amide bonds. The van der Waals surface area contributed by atoms with Crippen molar-refractivity contribution in [2.75, 3.05) is 17.9 Å². The molecule has 0 fully saturated rings. The van der Waals surface area contributed by atoms with Gasteiger partial charge in [-0.05, 0) is 42.5 Å². The zero-order valence-electron chi connectivity index (χ0n) is 15.0. The Morgan fingerprint density at radius 2 is 2.00 bits per heavy atom. The van der Waals surface area contributed by atoms with E-state index in [0.29, 0.717) is 27.8 Å². The number of carbonyl (C=O) groups excluding carboxylic acids is 1. The molecule has 0 spiro atoms. The molecule has 1 aliphatic heterocycles. The predicted molar refractivity (Wildman–Crippen MR) is 106 cm³/mol. The van der Waals surface area contributed by atoms with Crippen LogP contribution >= 0.6 is 11.8 Å². The Hall–Kier alpha value is -3.57. The Labute approximate surface area is 170 Å². The lowest BCUT2D eigenvalue weighted by molar-refractivity contribution is -0.113. The highest BCUT2D eigenvalue weighted by Gasteiger charge is 2.16. The van der Waals surface area contributed by atoms with Crippen LogP contribution in [0.2, 0.25) is 0 Å². The van der Waals surface area contributed by atoms with Crippen LogP contribution in [0.4, 0.5) is 10.1 Å². The molecule has 0 bridgehead atoms. The molecule has 0 unspecified atom stereocenters. The SMILES string of the molecule is N#Cc1ccc(-c2ccc3c(c2)OCO3)nc1SCC(=O)Nc1ccccc1F. The molecule has 0 aliphatic carbocycles. The molecule has 2 heterocycles. The van der Waals surface area contributed by atoms with Crippen LogP contribution in [0.15, 0.2) is 59.6 Å². The Morgan fingerprint density at radius 1 is 1.17 bits per heavy atom. The molecule has 3 aromatic rings. The number of nitrogens with one attached hydrogen (secondary N) is 1. The van der Waals surface area contributed by atoms with Crippen LogP contribution in [0.25, 0.3) is 11.3 Å². The minimum Gasteiger partial charge on any atom is -0.454 e. The van der Waals surface area contributed by atoms with Gasteiger partial charge in [-0.1, -0.05) is 23.9 Å². The van der Waals surface area contributed by atoms with E-state index in [1.165, 1.54) is 12.1 Å². The van der Waals surface area contributed by atoms with E-state index in [9.17, 15) is 14.4 Å². The number of nitrogens with zero attached hydrogens (tertiary/aromatic N) is 2. The third-order valence-corrected chi connectivity index (χ3v) is 5.13. The summed E-state index contributed by atoms with van der Waals surface area (Å²) in [5.74, 6) is 0.389. The number of aromatic nitrogens is 1. The van der Waals surface area contributed by atoms with Crippen LogP contribution in [0, 0.1) is 17.1 Å².